The molecule has 23 heavy (non-hydrogen) atoms. The Hall–Kier alpha value is -1.18. The van der Waals surface area contributed by atoms with Crippen molar-refractivity contribution in [1.29, 1.82) is 0 Å². The maximum atomic E-state index is 12.4. The average molecular weight is 338 g/mol. The molecule has 0 aliphatic carbocycles. The van der Waals surface area contributed by atoms with Gasteiger partial charge < -0.3 is 9.64 Å². The van der Waals surface area contributed by atoms with Crippen molar-refractivity contribution in [2.45, 2.75) is 26.2 Å². The van der Waals surface area contributed by atoms with Gasteiger partial charge in [0.1, 0.15) is 0 Å². The van der Waals surface area contributed by atoms with Crippen LogP contribution in [0.1, 0.15) is 24.6 Å². The van der Waals surface area contributed by atoms with Crippen LogP contribution in [0.5, 0.6) is 0 Å². The number of rotatable bonds is 5. The van der Waals surface area contributed by atoms with Crippen molar-refractivity contribution in [3.8, 4) is 0 Å². The predicted molar refractivity (Wildman–Crippen MR) is 92.1 cm³/mol. The summed E-state index contributed by atoms with van der Waals surface area (Å²) in [4.78, 5) is 22.3. The molecule has 1 aromatic heterocycles. The molecular weight excluding hydrogens is 312 g/mol. The standard InChI is InChI=1S/C16H26N4O2S/c1-2-3-14-10-17-15(23-14)18-16(21)20-5-4-13(12-20)11-19-6-8-22-9-7-19/h10,13H,2-9,11-12H2,1H3,(H,17,18,21)/t13-/m0/s1. The van der Waals surface area contributed by atoms with Crippen LogP contribution in [-0.4, -0.2) is 66.8 Å². The van der Waals surface area contributed by atoms with Gasteiger partial charge in [-0.2, -0.15) is 0 Å². The van der Waals surface area contributed by atoms with Crippen LogP contribution < -0.4 is 5.32 Å². The number of likely N-dealkylation sites (tertiary alicyclic amines) is 1. The van der Waals surface area contributed by atoms with Crippen LogP contribution in [0.25, 0.3) is 0 Å². The Kier molecular flexibility index (Phi) is 5.85. The van der Waals surface area contributed by atoms with Gasteiger partial charge in [-0.05, 0) is 18.8 Å². The van der Waals surface area contributed by atoms with Crippen LogP contribution in [0.3, 0.4) is 0 Å². The monoisotopic (exact) mass is 338 g/mol. The highest BCUT2D eigenvalue weighted by molar-refractivity contribution is 7.15. The van der Waals surface area contributed by atoms with Crippen molar-refractivity contribution in [2.75, 3.05) is 51.3 Å². The fourth-order valence-electron chi connectivity index (χ4n) is 3.21. The Morgan fingerprint density at radius 3 is 3.04 bits per heavy atom. The number of carbonyl (C=O) groups excluding carboxylic acids is 1. The van der Waals surface area contributed by atoms with E-state index in [-0.39, 0.29) is 6.03 Å². The lowest BCUT2D eigenvalue weighted by molar-refractivity contribution is 0.0314. The average Bonchev–Trinajstić information content (AvgIpc) is 3.18. The zero-order valence-corrected chi connectivity index (χ0v) is 14.6. The molecule has 128 valence electrons. The van der Waals surface area contributed by atoms with Crippen LogP contribution >= 0.6 is 11.3 Å². The molecule has 0 spiro atoms. The normalized spacial score (nSPS) is 22.5. The van der Waals surface area contributed by atoms with Crippen molar-refractivity contribution < 1.29 is 9.53 Å². The van der Waals surface area contributed by atoms with E-state index in [9.17, 15) is 4.79 Å². The van der Waals surface area contributed by atoms with Gasteiger partial charge in [-0.15, -0.1) is 11.3 Å². The first-order valence-corrected chi connectivity index (χ1v) is 9.37. The molecular formula is C16H26N4O2S. The third-order valence-corrected chi connectivity index (χ3v) is 5.43. The first-order valence-electron chi connectivity index (χ1n) is 8.55. The number of aryl methyl sites for hydroxylation is 1. The number of carbonyl (C=O) groups is 1. The maximum absolute atomic E-state index is 12.4. The Morgan fingerprint density at radius 2 is 2.26 bits per heavy atom. The fourth-order valence-corrected chi connectivity index (χ4v) is 4.12. The summed E-state index contributed by atoms with van der Waals surface area (Å²) in [5.74, 6) is 0.575. The number of aromatic nitrogens is 1. The number of urea groups is 1. The van der Waals surface area contributed by atoms with E-state index in [0.717, 1.165) is 70.3 Å². The Balaban J connectivity index is 1.44. The van der Waals surface area contributed by atoms with Crippen molar-refractivity contribution in [1.82, 2.24) is 14.8 Å². The summed E-state index contributed by atoms with van der Waals surface area (Å²) in [5.41, 5.74) is 0. The molecule has 1 N–H and O–H groups in total. The number of hydrogen-bond acceptors (Lipinski definition) is 5. The highest BCUT2D eigenvalue weighted by Crippen LogP contribution is 2.22. The van der Waals surface area contributed by atoms with E-state index in [1.165, 1.54) is 4.88 Å². The van der Waals surface area contributed by atoms with Crippen LogP contribution in [0.4, 0.5) is 9.93 Å². The predicted octanol–water partition coefficient (Wildman–Crippen LogP) is 2.28. The summed E-state index contributed by atoms with van der Waals surface area (Å²) >= 11 is 1.58. The van der Waals surface area contributed by atoms with Crippen molar-refractivity contribution in [2.24, 2.45) is 5.92 Å². The third-order valence-electron chi connectivity index (χ3n) is 4.46. The molecule has 7 heteroatoms. The topological polar surface area (TPSA) is 57.7 Å². The minimum absolute atomic E-state index is 0.00752. The second kappa shape index (κ2) is 8.08. The van der Waals surface area contributed by atoms with E-state index >= 15 is 0 Å². The molecule has 2 aliphatic rings. The van der Waals surface area contributed by atoms with Gasteiger partial charge in [0, 0.05) is 43.8 Å². The highest BCUT2D eigenvalue weighted by atomic mass is 32.1. The number of hydrogen-bond donors (Lipinski definition) is 1. The molecule has 1 atom stereocenters. The molecule has 2 fully saturated rings. The number of anilines is 1. The molecule has 2 amide bonds. The molecule has 2 saturated heterocycles. The molecule has 0 radical (unpaired) electrons. The van der Waals surface area contributed by atoms with E-state index in [0.29, 0.717) is 5.92 Å². The zero-order valence-electron chi connectivity index (χ0n) is 13.8. The Morgan fingerprint density at radius 1 is 1.43 bits per heavy atom. The minimum Gasteiger partial charge on any atom is -0.379 e. The lowest BCUT2D eigenvalue weighted by Crippen LogP contribution is -2.40. The molecule has 0 saturated carbocycles. The van der Waals surface area contributed by atoms with E-state index < -0.39 is 0 Å². The van der Waals surface area contributed by atoms with Crippen LogP contribution in [0.15, 0.2) is 6.20 Å². The quantitative estimate of drug-likeness (QED) is 0.895. The summed E-state index contributed by atoms with van der Waals surface area (Å²) < 4.78 is 5.39. The molecule has 3 rings (SSSR count). The van der Waals surface area contributed by atoms with Gasteiger partial charge in [0.25, 0.3) is 0 Å². The van der Waals surface area contributed by atoms with Gasteiger partial charge in [-0.1, -0.05) is 13.3 Å². The number of nitrogens with one attached hydrogen (secondary N) is 1. The fraction of sp³-hybridized carbons (Fsp3) is 0.750. The van der Waals surface area contributed by atoms with Crippen LogP contribution in [-0.2, 0) is 11.2 Å². The summed E-state index contributed by atoms with van der Waals surface area (Å²) in [6, 6.07) is -0.00752. The van der Waals surface area contributed by atoms with E-state index in [2.05, 4.69) is 22.1 Å². The largest absolute Gasteiger partial charge is 0.379 e. The SMILES string of the molecule is CCCc1cnc(NC(=O)N2CC[C@@H](CN3CCOCC3)C2)s1. The molecule has 0 aromatic carbocycles. The molecule has 2 aliphatic heterocycles. The minimum atomic E-state index is -0.00752. The van der Waals surface area contributed by atoms with E-state index in [4.69, 9.17) is 4.74 Å². The smallest absolute Gasteiger partial charge is 0.323 e. The second-order valence-electron chi connectivity index (χ2n) is 6.33. The van der Waals surface area contributed by atoms with Gasteiger partial charge in [0.15, 0.2) is 5.13 Å². The van der Waals surface area contributed by atoms with Gasteiger partial charge >= 0.3 is 6.03 Å². The molecule has 0 unspecified atom stereocenters. The maximum Gasteiger partial charge on any atom is 0.323 e. The van der Waals surface area contributed by atoms with Crippen LogP contribution in [0, 0.1) is 5.92 Å². The number of ether oxygens (including phenoxy) is 1. The Bertz CT molecular complexity index is 516. The second-order valence-corrected chi connectivity index (χ2v) is 7.44. The third kappa shape index (κ3) is 4.65. The van der Waals surface area contributed by atoms with Crippen molar-refractivity contribution in [3.05, 3.63) is 11.1 Å². The van der Waals surface area contributed by atoms with Crippen molar-refractivity contribution >= 4 is 22.5 Å². The van der Waals surface area contributed by atoms with Gasteiger partial charge in [0.05, 0.1) is 13.2 Å². The molecule has 1 aromatic rings. The zero-order chi connectivity index (χ0) is 16.1. The number of thiazole rings is 1. The molecule has 0 bridgehead atoms. The first-order chi connectivity index (χ1) is 11.2. The van der Waals surface area contributed by atoms with Crippen molar-refractivity contribution in [3.63, 3.8) is 0 Å². The lowest BCUT2D eigenvalue weighted by Gasteiger charge is -2.29. The summed E-state index contributed by atoms with van der Waals surface area (Å²) in [5, 5.41) is 3.67. The highest BCUT2D eigenvalue weighted by Gasteiger charge is 2.28. The van der Waals surface area contributed by atoms with Gasteiger partial charge in [0.2, 0.25) is 0 Å². The summed E-state index contributed by atoms with van der Waals surface area (Å²) in [6.07, 6.45) is 5.09. The number of amides is 2. The first kappa shape index (κ1) is 16.7. The molecule has 6 nitrogen and oxygen atoms in total. The van der Waals surface area contributed by atoms with Gasteiger partial charge in [-0.3, -0.25) is 10.2 Å². The van der Waals surface area contributed by atoms with Gasteiger partial charge in [-0.25, -0.2) is 9.78 Å². The number of morpholine rings is 1. The number of nitrogens with zero attached hydrogens (tertiary/aromatic N) is 3. The summed E-state index contributed by atoms with van der Waals surface area (Å²) in [7, 11) is 0. The Labute approximate surface area is 141 Å². The van der Waals surface area contributed by atoms with Crippen LogP contribution in [0.2, 0.25) is 0 Å². The molecule has 3 heterocycles. The van der Waals surface area contributed by atoms with E-state index in [1.807, 2.05) is 11.1 Å². The lowest BCUT2D eigenvalue weighted by atomic mass is 10.1. The summed E-state index contributed by atoms with van der Waals surface area (Å²) in [6.45, 7) is 8.61. The van der Waals surface area contributed by atoms with E-state index in [1.54, 1.807) is 11.3 Å².